The van der Waals surface area contributed by atoms with E-state index in [2.05, 4.69) is 33.4 Å². The zero-order valence-corrected chi connectivity index (χ0v) is 13.0. The van der Waals surface area contributed by atoms with Gasteiger partial charge in [-0.3, -0.25) is 4.79 Å². The maximum Gasteiger partial charge on any atom is 0.224 e. The Balaban J connectivity index is 2.05. The largest absolute Gasteiger partial charge is 0.347 e. The minimum absolute atomic E-state index is 0.125. The fourth-order valence-corrected chi connectivity index (χ4v) is 2.64. The van der Waals surface area contributed by atoms with Crippen molar-refractivity contribution in [1.29, 1.82) is 0 Å². The molecule has 1 aliphatic rings. The van der Waals surface area contributed by atoms with Crippen molar-refractivity contribution in [3.63, 3.8) is 0 Å². The summed E-state index contributed by atoms with van der Waals surface area (Å²) in [5, 5.41) is 3.17. The van der Waals surface area contributed by atoms with E-state index in [-0.39, 0.29) is 17.4 Å². The summed E-state index contributed by atoms with van der Waals surface area (Å²) < 4.78 is 1.05. The summed E-state index contributed by atoms with van der Waals surface area (Å²) in [4.78, 5) is 12.3. The van der Waals surface area contributed by atoms with Crippen molar-refractivity contribution in [2.75, 3.05) is 0 Å². The third-order valence-electron chi connectivity index (χ3n) is 3.64. The highest BCUT2D eigenvalue weighted by molar-refractivity contribution is 9.10. The monoisotopic (exact) mass is 321 g/mol. The Bertz CT molecular complexity index is 476. The number of benzene rings is 1. The lowest BCUT2D eigenvalue weighted by molar-refractivity contribution is -0.127. The van der Waals surface area contributed by atoms with Crippen molar-refractivity contribution in [3.8, 4) is 0 Å². The second kappa shape index (κ2) is 5.91. The lowest BCUT2D eigenvalue weighted by atomic mass is 9.90. The molecule has 0 radical (unpaired) electrons. The third kappa shape index (κ3) is 3.69. The number of amides is 1. The first-order chi connectivity index (χ1) is 8.99. The van der Waals surface area contributed by atoms with Crippen LogP contribution in [0.5, 0.6) is 0 Å². The van der Waals surface area contributed by atoms with Crippen LogP contribution in [0.2, 0.25) is 0 Å². The second-order valence-electron chi connectivity index (χ2n) is 5.60. The van der Waals surface area contributed by atoms with E-state index in [0.29, 0.717) is 0 Å². The van der Waals surface area contributed by atoms with Crippen LogP contribution in [0, 0.1) is 5.92 Å². The molecule has 0 unspecified atom stereocenters. The van der Waals surface area contributed by atoms with Crippen LogP contribution in [0.15, 0.2) is 40.9 Å². The van der Waals surface area contributed by atoms with Gasteiger partial charge >= 0.3 is 0 Å². The van der Waals surface area contributed by atoms with E-state index in [9.17, 15) is 4.79 Å². The Morgan fingerprint density at radius 2 is 1.95 bits per heavy atom. The molecule has 0 heterocycles. The number of carbonyl (C=O) groups is 1. The van der Waals surface area contributed by atoms with E-state index in [1.165, 1.54) is 0 Å². The highest BCUT2D eigenvalue weighted by Crippen LogP contribution is 2.25. The zero-order chi connectivity index (χ0) is 13.9. The minimum atomic E-state index is -0.334. The summed E-state index contributed by atoms with van der Waals surface area (Å²) in [7, 11) is 0. The molecule has 1 amide bonds. The second-order valence-corrected chi connectivity index (χ2v) is 6.52. The molecule has 0 aromatic heterocycles. The van der Waals surface area contributed by atoms with Gasteiger partial charge < -0.3 is 5.32 Å². The topological polar surface area (TPSA) is 29.1 Å². The van der Waals surface area contributed by atoms with E-state index in [4.69, 9.17) is 0 Å². The normalized spacial score (nSPS) is 19.2. The molecule has 0 saturated carbocycles. The van der Waals surface area contributed by atoms with Crippen LogP contribution >= 0.6 is 15.9 Å². The molecule has 1 aromatic carbocycles. The third-order valence-corrected chi connectivity index (χ3v) is 4.17. The average Bonchev–Trinajstić information content (AvgIpc) is 2.40. The Morgan fingerprint density at radius 1 is 1.26 bits per heavy atom. The van der Waals surface area contributed by atoms with Crippen LogP contribution in [-0.2, 0) is 10.3 Å². The number of hydrogen-bond acceptors (Lipinski definition) is 1. The molecule has 0 fully saturated rings. The summed E-state index contributed by atoms with van der Waals surface area (Å²) in [5.41, 5.74) is 0.786. The van der Waals surface area contributed by atoms with Gasteiger partial charge in [-0.05, 0) is 50.8 Å². The fraction of sp³-hybridized carbons (Fsp3) is 0.438. The molecule has 19 heavy (non-hydrogen) atoms. The van der Waals surface area contributed by atoms with E-state index in [1.807, 2.05) is 38.1 Å². The Hall–Kier alpha value is -1.09. The molecule has 2 rings (SSSR count). The number of allylic oxidation sites excluding steroid dienone is 2. The van der Waals surface area contributed by atoms with Crippen LogP contribution in [-0.4, -0.2) is 5.91 Å². The number of rotatable bonds is 3. The van der Waals surface area contributed by atoms with Crippen molar-refractivity contribution < 1.29 is 4.79 Å². The molecule has 1 aromatic rings. The van der Waals surface area contributed by atoms with Crippen LogP contribution < -0.4 is 5.32 Å². The van der Waals surface area contributed by atoms with Crippen LogP contribution in [0.1, 0.15) is 38.7 Å². The van der Waals surface area contributed by atoms with E-state index < -0.39 is 0 Å². The van der Waals surface area contributed by atoms with Gasteiger partial charge in [-0.1, -0.05) is 40.2 Å². The lowest BCUT2D eigenvalue weighted by Gasteiger charge is -2.29. The molecular weight excluding hydrogens is 302 g/mol. The molecule has 1 N–H and O–H groups in total. The molecule has 2 nitrogen and oxygen atoms in total. The highest BCUT2D eigenvalue weighted by atomic mass is 79.9. The van der Waals surface area contributed by atoms with E-state index in [1.54, 1.807) is 0 Å². The van der Waals surface area contributed by atoms with Gasteiger partial charge in [-0.2, -0.15) is 0 Å². The summed E-state index contributed by atoms with van der Waals surface area (Å²) in [5.74, 6) is 0.289. The predicted molar refractivity (Wildman–Crippen MR) is 81.8 cm³/mol. The van der Waals surface area contributed by atoms with Gasteiger partial charge in [0.1, 0.15) is 0 Å². The maximum absolute atomic E-state index is 12.3. The molecule has 1 atom stereocenters. The first kappa shape index (κ1) is 14.3. The zero-order valence-electron chi connectivity index (χ0n) is 11.4. The molecule has 0 bridgehead atoms. The van der Waals surface area contributed by atoms with Crippen molar-refractivity contribution >= 4 is 21.8 Å². The van der Waals surface area contributed by atoms with Gasteiger partial charge in [-0.15, -0.1) is 0 Å². The van der Waals surface area contributed by atoms with Gasteiger partial charge in [0.2, 0.25) is 5.91 Å². The number of hydrogen-bond donors (Lipinski definition) is 1. The molecule has 3 heteroatoms. The van der Waals surface area contributed by atoms with Crippen molar-refractivity contribution in [2.45, 2.75) is 38.6 Å². The summed E-state index contributed by atoms with van der Waals surface area (Å²) in [6, 6.07) is 8.11. The highest BCUT2D eigenvalue weighted by Gasteiger charge is 2.27. The summed E-state index contributed by atoms with van der Waals surface area (Å²) in [6.07, 6.45) is 7.10. The maximum atomic E-state index is 12.3. The summed E-state index contributed by atoms with van der Waals surface area (Å²) >= 11 is 3.43. The number of nitrogens with one attached hydrogen (secondary N) is 1. The van der Waals surface area contributed by atoms with Gasteiger partial charge in [-0.25, -0.2) is 0 Å². The molecule has 102 valence electrons. The van der Waals surface area contributed by atoms with Gasteiger partial charge in [0.25, 0.3) is 0 Å². The molecule has 0 spiro atoms. The van der Waals surface area contributed by atoms with Crippen LogP contribution in [0.4, 0.5) is 0 Å². The van der Waals surface area contributed by atoms with Gasteiger partial charge in [0.05, 0.1) is 5.54 Å². The Labute approximate surface area is 123 Å². The molecule has 1 aliphatic carbocycles. The first-order valence-electron chi connectivity index (χ1n) is 6.72. The molecule has 0 aliphatic heterocycles. The average molecular weight is 322 g/mol. The standard InChI is InChI=1S/C16H20BrNO/c1-16(2,13-8-10-14(17)11-9-13)18-15(19)12-6-4-3-5-7-12/h3-4,8-12H,5-7H2,1-2H3,(H,18,19)/t12-/m0/s1. The van der Waals surface area contributed by atoms with Gasteiger partial charge in [0, 0.05) is 10.4 Å². The van der Waals surface area contributed by atoms with E-state index >= 15 is 0 Å². The first-order valence-corrected chi connectivity index (χ1v) is 7.51. The Morgan fingerprint density at radius 3 is 2.53 bits per heavy atom. The van der Waals surface area contributed by atoms with Crippen LogP contribution in [0.3, 0.4) is 0 Å². The smallest absolute Gasteiger partial charge is 0.224 e. The number of halogens is 1. The minimum Gasteiger partial charge on any atom is -0.347 e. The predicted octanol–water partition coefficient (Wildman–Crippen LogP) is 4.16. The molecular formula is C16H20BrNO. The van der Waals surface area contributed by atoms with Gasteiger partial charge in [0.15, 0.2) is 0 Å². The fourth-order valence-electron chi connectivity index (χ4n) is 2.38. The SMILES string of the molecule is CC(C)(NC(=O)[C@H]1CC=CCC1)c1ccc(Br)cc1. The van der Waals surface area contributed by atoms with Crippen LogP contribution in [0.25, 0.3) is 0 Å². The van der Waals surface area contributed by atoms with Crippen molar-refractivity contribution in [1.82, 2.24) is 5.32 Å². The lowest BCUT2D eigenvalue weighted by Crippen LogP contribution is -2.44. The van der Waals surface area contributed by atoms with Crippen molar-refractivity contribution in [3.05, 3.63) is 46.5 Å². The van der Waals surface area contributed by atoms with Crippen molar-refractivity contribution in [2.24, 2.45) is 5.92 Å². The van der Waals surface area contributed by atoms with E-state index in [0.717, 1.165) is 29.3 Å². The molecule has 0 saturated heterocycles. The Kier molecular flexibility index (Phi) is 4.46. The quantitative estimate of drug-likeness (QED) is 0.832. The number of carbonyl (C=O) groups excluding carboxylic acids is 1. The summed E-state index contributed by atoms with van der Waals surface area (Å²) in [6.45, 7) is 4.10.